The highest BCUT2D eigenvalue weighted by molar-refractivity contribution is 7.19. The van der Waals surface area contributed by atoms with Crippen LogP contribution in [0.3, 0.4) is 0 Å². The van der Waals surface area contributed by atoms with Crippen molar-refractivity contribution in [2.24, 2.45) is 0 Å². The number of thiophene rings is 1. The average molecular weight is 400 g/mol. The lowest BCUT2D eigenvalue weighted by molar-refractivity contribution is -0.121. The zero-order valence-electron chi connectivity index (χ0n) is 16.7. The predicted octanol–water partition coefficient (Wildman–Crippen LogP) is 3.67. The zero-order chi connectivity index (χ0) is 20.3. The number of nitrogens with one attached hydrogen (secondary N) is 1. The molecule has 0 saturated carbocycles. The Kier molecular flexibility index (Phi) is 6.14. The molecular weight excluding hydrogens is 374 g/mol. The van der Waals surface area contributed by atoms with Crippen LogP contribution in [0.15, 0.2) is 29.1 Å². The summed E-state index contributed by atoms with van der Waals surface area (Å²) in [6.45, 7) is 8.86. The lowest BCUT2D eigenvalue weighted by Crippen LogP contribution is -2.34. The topological polar surface area (TPSA) is 73.2 Å². The largest absolute Gasteiger partial charge is 0.494 e. The van der Waals surface area contributed by atoms with Gasteiger partial charge in [-0.15, -0.1) is 11.3 Å². The Hall–Kier alpha value is -2.67. The number of nitrogens with zero attached hydrogens (tertiary/aromatic N) is 2. The van der Waals surface area contributed by atoms with E-state index in [0.29, 0.717) is 29.2 Å². The lowest BCUT2D eigenvalue weighted by atomic mass is 10.0. The first-order chi connectivity index (χ1) is 13.5. The highest BCUT2D eigenvalue weighted by Crippen LogP contribution is 2.36. The molecule has 0 spiro atoms. The fourth-order valence-corrected chi connectivity index (χ4v) is 4.26. The molecule has 0 unspecified atom stereocenters. The maximum atomic E-state index is 13.3. The molecule has 148 valence electrons. The normalized spacial score (nSPS) is 11.0. The summed E-state index contributed by atoms with van der Waals surface area (Å²) in [4.78, 5) is 31.7. The van der Waals surface area contributed by atoms with Crippen molar-refractivity contribution in [2.75, 3.05) is 13.2 Å². The third kappa shape index (κ3) is 3.94. The van der Waals surface area contributed by atoms with E-state index in [2.05, 4.69) is 10.3 Å². The van der Waals surface area contributed by atoms with Crippen molar-refractivity contribution in [3.8, 4) is 16.9 Å². The Balaban J connectivity index is 2.09. The Labute approximate surface area is 168 Å². The Morgan fingerprint density at radius 2 is 1.93 bits per heavy atom. The number of carbonyl (C=O) groups excluding carboxylic acids is 1. The van der Waals surface area contributed by atoms with Crippen molar-refractivity contribution < 1.29 is 9.53 Å². The van der Waals surface area contributed by atoms with Crippen LogP contribution in [-0.4, -0.2) is 28.6 Å². The first-order valence-electron chi connectivity index (χ1n) is 9.46. The van der Waals surface area contributed by atoms with Crippen LogP contribution in [0.1, 0.15) is 31.0 Å². The van der Waals surface area contributed by atoms with E-state index >= 15 is 0 Å². The quantitative estimate of drug-likeness (QED) is 0.658. The number of carbonyl (C=O) groups is 1. The number of fused-ring (bicyclic) bond motifs is 1. The van der Waals surface area contributed by atoms with E-state index in [0.717, 1.165) is 28.2 Å². The third-order valence-corrected chi connectivity index (χ3v) is 5.51. The van der Waals surface area contributed by atoms with Gasteiger partial charge in [0.15, 0.2) is 0 Å². The summed E-state index contributed by atoms with van der Waals surface area (Å²) >= 11 is 1.50. The molecule has 1 aromatic carbocycles. The van der Waals surface area contributed by atoms with Gasteiger partial charge in [-0.3, -0.25) is 14.2 Å². The molecule has 1 N–H and O–H groups in total. The fraction of sp³-hybridized carbons (Fsp3) is 0.381. The summed E-state index contributed by atoms with van der Waals surface area (Å²) < 4.78 is 6.97. The molecule has 28 heavy (non-hydrogen) atoms. The van der Waals surface area contributed by atoms with Gasteiger partial charge < -0.3 is 10.1 Å². The lowest BCUT2D eigenvalue weighted by Gasteiger charge is -2.10. The second kappa shape index (κ2) is 8.56. The zero-order valence-corrected chi connectivity index (χ0v) is 17.5. The molecule has 0 fully saturated rings. The van der Waals surface area contributed by atoms with Crippen LogP contribution in [0.2, 0.25) is 0 Å². The van der Waals surface area contributed by atoms with E-state index in [1.165, 1.54) is 15.9 Å². The molecule has 2 aromatic heterocycles. The molecule has 3 rings (SSSR count). The van der Waals surface area contributed by atoms with Crippen LogP contribution < -0.4 is 15.6 Å². The van der Waals surface area contributed by atoms with Crippen molar-refractivity contribution >= 4 is 27.5 Å². The number of rotatable bonds is 7. The summed E-state index contributed by atoms with van der Waals surface area (Å²) in [6, 6.07) is 7.72. The highest BCUT2D eigenvalue weighted by atomic mass is 32.1. The van der Waals surface area contributed by atoms with Crippen molar-refractivity contribution in [1.82, 2.24) is 14.9 Å². The highest BCUT2D eigenvalue weighted by Gasteiger charge is 2.19. The van der Waals surface area contributed by atoms with E-state index < -0.39 is 0 Å². The standard InChI is InChI=1S/C21H25N3O3S/c1-5-11-22-17(25)12-24-14(4)23-20-19(21(24)26)18(13(3)28-20)15-7-9-16(10-8-15)27-6-2/h7-10H,5-6,11-12H2,1-4H3,(H,22,25). The SMILES string of the molecule is CCCNC(=O)Cn1c(C)nc2sc(C)c(-c3ccc(OCC)cc3)c2c1=O. The molecule has 0 aliphatic carbocycles. The maximum Gasteiger partial charge on any atom is 0.263 e. The molecule has 7 heteroatoms. The van der Waals surface area contributed by atoms with Crippen LogP contribution in [0, 0.1) is 13.8 Å². The minimum atomic E-state index is -0.178. The molecule has 1 amide bonds. The minimum Gasteiger partial charge on any atom is -0.494 e. The van der Waals surface area contributed by atoms with Gasteiger partial charge in [-0.2, -0.15) is 0 Å². The Morgan fingerprint density at radius 3 is 2.57 bits per heavy atom. The van der Waals surface area contributed by atoms with Crippen molar-refractivity contribution in [3.05, 3.63) is 45.3 Å². The molecule has 0 radical (unpaired) electrons. The van der Waals surface area contributed by atoms with Crippen LogP contribution in [0.4, 0.5) is 0 Å². The number of benzene rings is 1. The monoisotopic (exact) mass is 399 g/mol. The molecule has 3 aromatic rings. The predicted molar refractivity (Wildman–Crippen MR) is 113 cm³/mol. The number of aryl methyl sites for hydroxylation is 2. The van der Waals surface area contributed by atoms with Crippen LogP contribution in [-0.2, 0) is 11.3 Å². The van der Waals surface area contributed by atoms with Crippen LogP contribution >= 0.6 is 11.3 Å². The number of ether oxygens (including phenoxy) is 1. The molecule has 0 aliphatic rings. The van der Waals surface area contributed by atoms with E-state index in [-0.39, 0.29) is 18.0 Å². The van der Waals surface area contributed by atoms with E-state index in [1.807, 2.05) is 45.0 Å². The molecule has 2 heterocycles. The summed E-state index contributed by atoms with van der Waals surface area (Å²) in [5.74, 6) is 1.16. The van der Waals surface area contributed by atoms with Gasteiger partial charge in [0.25, 0.3) is 5.56 Å². The van der Waals surface area contributed by atoms with E-state index in [9.17, 15) is 9.59 Å². The number of amides is 1. The summed E-state index contributed by atoms with van der Waals surface area (Å²) in [5.41, 5.74) is 1.64. The first-order valence-corrected chi connectivity index (χ1v) is 10.3. The molecule has 0 aliphatic heterocycles. The minimum absolute atomic E-state index is 0.0226. The molecule has 0 bridgehead atoms. The van der Waals surface area contributed by atoms with Gasteiger partial charge in [-0.1, -0.05) is 19.1 Å². The van der Waals surface area contributed by atoms with Gasteiger partial charge in [0.1, 0.15) is 22.9 Å². The van der Waals surface area contributed by atoms with Crippen molar-refractivity contribution in [1.29, 1.82) is 0 Å². The summed E-state index contributed by atoms with van der Waals surface area (Å²) in [6.07, 6.45) is 0.850. The van der Waals surface area contributed by atoms with Crippen molar-refractivity contribution in [3.63, 3.8) is 0 Å². The van der Waals surface area contributed by atoms with Gasteiger partial charge in [0.2, 0.25) is 5.91 Å². The number of hydrogen-bond donors (Lipinski definition) is 1. The molecule has 0 atom stereocenters. The first kappa shape index (κ1) is 20.1. The molecule has 0 saturated heterocycles. The average Bonchev–Trinajstić information content (AvgIpc) is 3.00. The molecular formula is C21H25N3O3S. The van der Waals surface area contributed by atoms with Gasteiger partial charge >= 0.3 is 0 Å². The van der Waals surface area contributed by atoms with Gasteiger partial charge in [0.05, 0.1) is 12.0 Å². The van der Waals surface area contributed by atoms with Crippen molar-refractivity contribution in [2.45, 2.75) is 40.7 Å². The second-order valence-corrected chi connectivity index (χ2v) is 7.77. The van der Waals surface area contributed by atoms with Gasteiger partial charge in [0, 0.05) is 17.0 Å². The van der Waals surface area contributed by atoms with Gasteiger partial charge in [-0.25, -0.2) is 4.98 Å². The molecule has 6 nitrogen and oxygen atoms in total. The fourth-order valence-electron chi connectivity index (χ4n) is 3.18. The van der Waals surface area contributed by atoms with Crippen LogP contribution in [0.25, 0.3) is 21.3 Å². The second-order valence-electron chi connectivity index (χ2n) is 6.57. The summed E-state index contributed by atoms with van der Waals surface area (Å²) in [7, 11) is 0. The summed E-state index contributed by atoms with van der Waals surface area (Å²) in [5, 5.41) is 3.39. The van der Waals surface area contributed by atoms with Crippen LogP contribution in [0.5, 0.6) is 5.75 Å². The smallest absolute Gasteiger partial charge is 0.263 e. The van der Waals surface area contributed by atoms with E-state index in [1.54, 1.807) is 6.92 Å². The Morgan fingerprint density at radius 1 is 1.21 bits per heavy atom. The Bertz CT molecular complexity index is 1050. The van der Waals surface area contributed by atoms with E-state index in [4.69, 9.17) is 4.74 Å². The number of aromatic nitrogens is 2. The number of hydrogen-bond acceptors (Lipinski definition) is 5. The maximum absolute atomic E-state index is 13.3. The van der Waals surface area contributed by atoms with Gasteiger partial charge in [-0.05, 0) is 44.9 Å². The third-order valence-electron chi connectivity index (χ3n) is 4.51.